The van der Waals surface area contributed by atoms with Crippen LogP contribution in [0.25, 0.3) is 0 Å². The number of benzene rings is 2. The Morgan fingerprint density at radius 2 is 2.05 bits per heavy atom. The average molecular weight is 354 g/mol. The molecule has 2 aromatic carbocycles. The van der Waals surface area contributed by atoms with E-state index in [1.54, 1.807) is 24.3 Å². The minimum Gasteiger partial charge on any atom is -0.399 e. The Labute approximate surface area is 131 Å². The minimum atomic E-state index is -0.284. The van der Waals surface area contributed by atoms with Gasteiger partial charge in [-0.3, -0.25) is 4.79 Å². The van der Waals surface area contributed by atoms with Crippen molar-refractivity contribution in [3.63, 3.8) is 0 Å². The van der Waals surface area contributed by atoms with E-state index in [1.807, 2.05) is 25.1 Å². The van der Waals surface area contributed by atoms with Crippen LogP contribution in [-0.4, -0.2) is 5.91 Å². The molecular formula is C15H14BrClN2O. The van der Waals surface area contributed by atoms with Crippen molar-refractivity contribution in [3.8, 4) is 0 Å². The number of rotatable bonds is 3. The molecule has 20 heavy (non-hydrogen) atoms. The Morgan fingerprint density at radius 1 is 1.30 bits per heavy atom. The molecule has 1 amide bonds. The highest BCUT2D eigenvalue weighted by Crippen LogP contribution is 2.26. The van der Waals surface area contributed by atoms with E-state index < -0.39 is 0 Å². The number of nitrogens with two attached hydrogens (primary N) is 1. The summed E-state index contributed by atoms with van der Waals surface area (Å²) in [5, 5.41) is 3.46. The van der Waals surface area contributed by atoms with Crippen molar-refractivity contribution in [2.45, 2.75) is 12.8 Å². The van der Waals surface area contributed by atoms with E-state index >= 15 is 0 Å². The standard InChI is InChI=1S/C15H14BrClN2O/c1-9(10-3-2-4-11(18)7-10)15(20)19-12-5-6-14(17)13(16)8-12/h2-9H,18H2,1H3,(H,19,20). The van der Waals surface area contributed by atoms with Gasteiger partial charge in [-0.2, -0.15) is 0 Å². The molecular weight excluding hydrogens is 340 g/mol. The van der Waals surface area contributed by atoms with Gasteiger partial charge in [-0.25, -0.2) is 0 Å². The van der Waals surface area contributed by atoms with Gasteiger partial charge in [0.15, 0.2) is 0 Å². The number of halogens is 2. The van der Waals surface area contributed by atoms with E-state index in [0.29, 0.717) is 16.4 Å². The van der Waals surface area contributed by atoms with Gasteiger partial charge in [-0.05, 0) is 58.7 Å². The largest absolute Gasteiger partial charge is 0.399 e. The highest BCUT2D eigenvalue weighted by Gasteiger charge is 2.15. The Balaban J connectivity index is 2.13. The maximum absolute atomic E-state index is 12.2. The summed E-state index contributed by atoms with van der Waals surface area (Å²) in [6, 6.07) is 12.6. The molecule has 5 heteroatoms. The predicted molar refractivity (Wildman–Crippen MR) is 87.1 cm³/mol. The van der Waals surface area contributed by atoms with E-state index in [-0.39, 0.29) is 11.8 Å². The summed E-state index contributed by atoms with van der Waals surface area (Å²) in [5.74, 6) is -0.377. The number of carbonyl (C=O) groups is 1. The number of carbonyl (C=O) groups excluding carboxylic acids is 1. The monoisotopic (exact) mass is 352 g/mol. The van der Waals surface area contributed by atoms with Crippen molar-refractivity contribution < 1.29 is 4.79 Å². The van der Waals surface area contributed by atoms with Crippen molar-refractivity contribution >= 4 is 44.8 Å². The maximum atomic E-state index is 12.2. The van der Waals surface area contributed by atoms with Crippen LogP contribution in [0.2, 0.25) is 5.02 Å². The molecule has 2 aromatic rings. The average Bonchev–Trinajstić information content (AvgIpc) is 2.42. The summed E-state index contributed by atoms with van der Waals surface area (Å²) in [6.07, 6.45) is 0. The fourth-order valence-corrected chi connectivity index (χ4v) is 2.30. The molecule has 3 N–H and O–H groups in total. The van der Waals surface area contributed by atoms with Crippen LogP contribution in [0.15, 0.2) is 46.9 Å². The predicted octanol–water partition coefficient (Wildman–Crippen LogP) is 4.43. The molecule has 1 atom stereocenters. The normalized spacial score (nSPS) is 11.9. The van der Waals surface area contributed by atoms with Crippen LogP contribution in [0.5, 0.6) is 0 Å². The number of amides is 1. The maximum Gasteiger partial charge on any atom is 0.231 e. The molecule has 0 aliphatic carbocycles. The fourth-order valence-electron chi connectivity index (χ4n) is 1.80. The Hall–Kier alpha value is -1.52. The molecule has 0 fully saturated rings. The van der Waals surface area contributed by atoms with Gasteiger partial charge in [-0.1, -0.05) is 23.7 Å². The van der Waals surface area contributed by atoms with Crippen molar-refractivity contribution in [3.05, 3.63) is 57.5 Å². The molecule has 1 unspecified atom stereocenters. The second kappa shape index (κ2) is 6.29. The topological polar surface area (TPSA) is 55.1 Å². The third-order valence-electron chi connectivity index (χ3n) is 2.99. The number of nitrogen functional groups attached to an aromatic ring is 1. The zero-order valence-electron chi connectivity index (χ0n) is 10.9. The van der Waals surface area contributed by atoms with E-state index in [0.717, 1.165) is 10.0 Å². The van der Waals surface area contributed by atoms with E-state index in [4.69, 9.17) is 17.3 Å². The van der Waals surface area contributed by atoms with Gasteiger partial charge in [0, 0.05) is 15.8 Å². The van der Waals surface area contributed by atoms with E-state index in [1.165, 1.54) is 0 Å². The first kappa shape index (κ1) is 14.9. The Morgan fingerprint density at radius 3 is 2.70 bits per heavy atom. The first-order chi connectivity index (χ1) is 9.47. The summed E-state index contributed by atoms with van der Waals surface area (Å²) in [6.45, 7) is 1.84. The molecule has 0 saturated heterocycles. The molecule has 0 saturated carbocycles. The molecule has 0 aliphatic rings. The molecule has 2 rings (SSSR count). The first-order valence-electron chi connectivity index (χ1n) is 6.08. The molecule has 0 aromatic heterocycles. The second-order valence-corrected chi connectivity index (χ2v) is 5.77. The number of hydrogen-bond donors (Lipinski definition) is 2. The first-order valence-corrected chi connectivity index (χ1v) is 7.26. The molecule has 0 spiro atoms. The van der Waals surface area contributed by atoms with Gasteiger partial charge in [0.1, 0.15) is 0 Å². The van der Waals surface area contributed by atoms with E-state index in [2.05, 4.69) is 21.2 Å². The quantitative estimate of drug-likeness (QED) is 0.802. The molecule has 0 aliphatic heterocycles. The number of anilines is 2. The van der Waals surface area contributed by atoms with Crippen LogP contribution in [0.1, 0.15) is 18.4 Å². The third-order valence-corrected chi connectivity index (χ3v) is 4.21. The van der Waals surface area contributed by atoms with Crippen molar-refractivity contribution in [2.24, 2.45) is 0 Å². The summed E-state index contributed by atoms with van der Waals surface area (Å²) >= 11 is 9.25. The Kier molecular flexibility index (Phi) is 4.68. The van der Waals surface area contributed by atoms with Gasteiger partial charge >= 0.3 is 0 Å². The second-order valence-electron chi connectivity index (χ2n) is 4.51. The molecule has 0 radical (unpaired) electrons. The summed E-state index contributed by atoms with van der Waals surface area (Å²) in [5.41, 5.74) is 7.96. The van der Waals surface area contributed by atoms with Gasteiger partial charge in [0.2, 0.25) is 5.91 Å². The fraction of sp³-hybridized carbons (Fsp3) is 0.133. The Bertz CT molecular complexity index is 646. The van der Waals surface area contributed by atoms with Crippen LogP contribution in [-0.2, 0) is 4.79 Å². The minimum absolute atomic E-state index is 0.0928. The van der Waals surface area contributed by atoms with Crippen LogP contribution in [0.4, 0.5) is 11.4 Å². The SMILES string of the molecule is CC(C(=O)Nc1ccc(Cl)c(Br)c1)c1cccc(N)c1. The molecule has 0 bridgehead atoms. The smallest absolute Gasteiger partial charge is 0.231 e. The lowest BCUT2D eigenvalue weighted by Gasteiger charge is -2.13. The molecule has 104 valence electrons. The van der Waals surface area contributed by atoms with Gasteiger partial charge in [0.25, 0.3) is 0 Å². The van der Waals surface area contributed by atoms with Crippen LogP contribution >= 0.6 is 27.5 Å². The molecule has 3 nitrogen and oxygen atoms in total. The molecule has 0 heterocycles. The van der Waals surface area contributed by atoms with Gasteiger partial charge < -0.3 is 11.1 Å². The summed E-state index contributed by atoms with van der Waals surface area (Å²) < 4.78 is 0.744. The van der Waals surface area contributed by atoms with Crippen molar-refractivity contribution in [1.82, 2.24) is 0 Å². The summed E-state index contributed by atoms with van der Waals surface area (Å²) in [4.78, 5) is 12.2. The zero-order chi connectivity index (χ0) is 14.7. The highest BCUT2D eigenvalue weighted by atomic mass is 79.9. The van der Waals surface area contributed by atoms with E-state index in [9.17, 15) is 4.79 Å². The highest BCUT2D eigenvalue weighted by molar-refractivity contribution is 9.10. The van der Waals surface area contributed by atoms with Crippen LogP contribution in [0.3, 0.4) is 0 Å². The summed E-state index contributed by atoms with van der Waals surface area (Å²) in [7, 11) is 0. The zero-order valence-corrected chi connectivity index (χ0v) is 13.2. The lowest BCUT2D eigenvalue weighted by atomic mass is 10.00. The van der Waals surface area contributed by atoms with Crippen molar-refractivity contribution in [2.75, 3.05) is 11.1 Å². The van der Waals surface area contributed by atoms with Crippen LogP contribution in [0, 0.1) is 0 Å². The van der Waals surface area contributed by atoms with Gasteiger partial charge in [0.05, 0.1) is 10.9 Å². The lowest BCUT2D eigenvalue weighted by molar-refractivity contribution is -0.117. The number of nitrogens with one attached hydrogen (secondary N) is 1. The van der Waals surface area contributed by atoms with Crippen molar-refractivity contribution in [1.29, 1.82) is 0 Å². The number of hydrogen-bond acceptors (Lipinski definition) is 2. The third kappa shape index (κ3) is 3.52. The van der Waals surface area contributed by atoms with Gasteiger partial charge in [-0.15, -0.1) is 0 Å². The van der Waals surface area contributed by atoms with Crippen LogP contribution < -0.4 is 11.1 Å². The lowest BCUT2D eigenvalue weighted by Crippen LogP contribution is -2.18.